The molecular weight excluding hydrogens is 406 g/mol. The van der Waals surface area contributed by atoms with E-state index in [0.29, 0.717) is 6.42 Å². The molecule has 2 aromatic carbocycles. The van der Waals surface area contributed by atoms with Crippen molar-refractivity contribution in [2.24, 2.45) is 0 Å². The lowest BCUT2D eigenvalue weighted by molar-refractivity contribution is 0.155. The number of halogens is 1. The zero-order valence-corrected chi connectivity index (χ0v) is 16.0. The van der Waals surface area contributed by atoms with Crippen molar-refractivity contribution in [2.45, 2.75) is 29.7 Å². The van der Waals surface area contributed by atoms with E-state index in [4.69, 9.17) is 4.74 Å². The van der Waals surface area contributed by atoms with E-state index in [2.05, 4.69) is 15.9 Å². The van der Waals surface area contributed by atoms with Crippen LogP contribution in [0.1, 0.15) is 12.5 Å². The third kappa shape index (κ3) is 3.57. The molecule has 132 valence electrons. The largest absolute Gasteiger partial charge is 0.447 e. The lowest BCUT2D eigenvalue weighted by atomic mass is 10.1. The Morgan fingerprint density at radius 3 is 2.48 bits per heavy atom. The Balaban J connectivity index is 1.88. The summed E-state index contributed by atoms with van der Waals surface area (Å²) in [5.74, 6) is 0. The summed E-state index contributed by atoms with van der Waals surface area (Å²) in [6, 6.07) is 15.5. The molecule has 1 amide bonds. The van der Waals surface area contributed by atoms with Gasteiger partial charge in [0.05, 0.1) is 10.9 Å². The van der Waals surface area contributed by atoms with Crippen LogP contribution in [0.5, 0.6) is 0 Å². The summed E-state index contributed by atoms with van der Waals surface area (Å²) < 4.78 is 31.8. The molecular formula is C18H18BrNO4S. The second-order valence-corrected chi connectivity index (χ2v) is 8.99. The van der Waals surface area contributed by atoms with Gasteiger partial charge in [-0.05, 0) is 37.1 Å². The molecule has 0 aliphatic carbocycles. The molecule has 0 spiro atoms. The van der Waals surface area contributed by atoms with Crippen molar-refractivity contribution in [3.63, 3.8) is 0 Å². The number of sulfone groups is 1. The van der Waals surface area contributed by atoms with Gasteiger partial charge in [0.2, 0.25) is 0 Å². The fraction of sp³-hybridized carbons (Fsp3) is 0.278. The second kappa shape index (κ2) is 7.17. The molecule has 1 saturated heterocycles. The molecule has 0 radical (unpaired) electrons. The first-order valence-corrected chi connectivity index (χ1v) is 10.2. The Morgan fingerprint density at radius 1 is 1.16 bits per heavy atom. The standard InChI is InChI=1S/C18H18BrNO4S/c1-13(25(22,23)16-8-3-2-4-9-16)20-15(12-24-18(20)21)11-14-7-5-6-10-17(14)19/h2-10,13,15H,11-12H2,1H3/t13?,15-/m1/s1. The summed E-state index contributed by atoms with van der Waals surface area (Å²) in [5.41, 5.74) is 1.00. The molecule has 0 saturated carbocycles. The molecule has 2 atom stereocenters. The minimum atomic E-state index is -3.68. The van der Waals surface area contributed by atoms with E-state index in [1.165, 1.54) is 24.0 Å². The molecule has 1 heterocycles. The van der Waals surface area contributed by atoms with Gasteiger partial charge in [-0.2, -0.15) is 0 Å². The van der Waals surface area contributed by atoms with E-state index in [-0.39, 0.29) is 17.5 Å². The average Bonchev–Trinajstić information content (AvgIpc) is 2.97. The number of cyclic esters (lactones) is 1. The van der Waals surface area contributed by atoms with Crippen molar-refractivity contribution in [1.29, 1.82) is 0 Å². The normalized spacial score (nSPS) is 18.9. The topological polar surface area (TPSA) is 63.7 Å². The lowest BCUT2D eigenvalue weighted by Gasteiger charge is -2.28. The van der Waals surface area contributed by atoms with Crippen LogP contribution in [0.2, 0.25) is 0 Å². The maximum Gasteiger partial charge on any atom is 0.411 e. The van der Waals surface area contributed by atoms with E-state index in [1.54, 1.807) is 18.2 Å². The quantitative estimate of drug-likeness (QED) is 0.736. The van der Waals surface area contributed by atoms with Gasteiger partial charge >= 0.3 is 6.09 Å². The Morgan fingerprint density at radius 2 is 1.80 bits per heavy atom. The number of nitrogens with zero attached hydrogens (tertiary/aromatic N) is 1. The van der Waals surface area contributed by atoms with Crippen LogP contribution in [-0.2, 0) is 21.0 Å². The Labute approximate surface area is 155 Å². The second-order valence-electron chi connectivity index (χ2n) is 5.89. The smallest absolute Gasteiger partial charge is 0.411 e. The van der Waals surface area contributed by atoms with E-state index in [0.717, 1.165) is 10.0 Å². The number of carbonyl (C=O) groups excluding carboxylic acids is 1. The van der Waals surface area contributed by atoms with Crippen LogP contribution in [0.4, 0.5) is 4.79 Å². The molecule has 0 N–H and O–H groups in total. The number of ether oxygens (including phenoxy) is 1. The molecule has 1 unspecified atom stereocenters. The third-order valence-electron chi connectivity index (χ3n) is 4.33. The monoisotopic (exact) mass is 423 g/mol. The van der Waals surface area contributed by atoms with E-state index in [1.807, 2.05) is 24.3 Å². The molecule has 0 bridgehead atoms. The highest BCUT2D eigenvalue weighted by molar-refractivity contribution is 9.10. The van der Waals surface area contributed by atoms with Gasteiger partial charge in [-0.3, -0.25) is 4.90 Å². The SMILES string of the molecule is CC(N1C(=O)OC[C@H]1Cc1ccccc1Br)S(=O)(=O)c1ccccc1. The summed E-state index contributed by atoms with van der Waals surface area (Å²) >= 11 is 3.49. The maximum absolute atomic E-state index is 12.9. The lowest BCUT2D eigenvalue weighted by Crippen LogP contribution is -2.45. The zero-order chi connectivity index (χ0) is 18.0. The number of rotatable bonds is 5. The van der Waals surface area contributed by atoms with Crippen molar-refractivity contribution in [3.8, 4) is 0 Å². The highest BCUT2D eigenvalue weighted by Gasteiger charge is 2.42. The predicted molar refractivity (Wildman–Crippen MR) is 97.9 cm³/mol. The van der Waals surface area contributed by atoms with Crippen LogP contribution in [0, 0.1) is 0 Å². The predicted octanol–water partition coefficient (Wildman–Crippen LogP) is 3.63. The van der Waals surface area contributed by atoms with Gasteiger partial charge < -0.3 is 4.74 Å². The van der Waals surface area contributed by atoms with Crippen LogP contribution >= 0.6 is 15.9 Å². The Bertz CT molecular complexity index is 870. The molecule has 2 aromatic rings. The van der Waals surface area contributed by atoms with E-state index < -0.39 is 21.3 Å². The van der Waals surface area contributed by atoms with Gasteiger partial charge in [0.25, 0.3) is 0 Å². The van der Waals surface area contributed by atoms with Crippen LogP contribution in [0.3, 0.4) is 0 Å². The molecule has 1 fully saturated rings. The highest BCUT2D eigenvalue weighted by atomic mass is 79.9. The maximum atomic E-state index is 12.9. The van der Waals surface area contributed by atoms with Crippen molar-refractivity contribution in [2.75, 3.05) is 6.61 Å². The van der Waals surface area contributed by atoms with Crippen LogP contribution in [0.15, 0.2) is 64.0 Å². The summed E-state index contributed by atoms with van der Waals surface area (Å²) in [4.78, 5) is 13.7. The fourth-order valence-electron chi connectivity index (χ4n) is 2.95. The van der Waals surface area contributed by atoms with Crippen LogP contribution in [0.25, 0.3) is 0 Å². The molecule has 1 aliphatic heterocycles. The van der Waals surface area contributed by atoms with Gasteiger partial charge in [0, 0.05) is 4.47 Å². The summed E-state index contributed by atoms with van der Waals surface area (Å²) in [6.07, 6.45) is -0.0778. The molecule has 5 nitrogen and oxygen atoms in total. The van der Waals surface area contributed by atoms with E-state index in [9.17, 15) is 13.2 Å². The number of carbonyl (C=O) groups is 1. The molecule has 0 aromatic heterocycles. The number of hydrogen-bond acceptors (Lipinski definition) is 4. The molecule has 25 heavy (non-hydrogen) atoms. The first-order valence-electron chi connectivity index (χ1n) is 7.88. The Kier molecular flexibility index (Phi) is 5.15. The van der Waals surface area contributed by atoms with Crippen LogP contribution < -0.4 is 0 Å². The number of hydrogen-bond donors (Lipinski definition) is 0. The summed E-state index contributed by atoms with van der Waals surface area (Å²) in [5, 5.41) is -1.00. The van der Waals surface area contributed by atoms with Crippen molar-refractivity contribution in [1.82, 2.24) is 4.90 Å². The van der Waals surface area contributed by atoms with E-state index >= 15 is 0 Å². The minimum Gasteiger partial charge on any atom is -0.447 e. The van der Waals surface area contributed by atoms with Crippen molar-refractivity contribution < 1.29 is 17.9 Å². The summed E-state index contributed by atoms with van der Waals surface area (Å²) in [6.45, 7) is 1.71. The molecule has 7 heteroatoms. The molecule has 1 aliphatic rings. The van der Waals surface area contributed by atoms with Gasteiger partial charge in [-0.15, -0.1) is 0 Å². The fourth-order valence-corrected chi connectivity index (χ4v) is 4.88. The first-order chi connectivity index (χ1) is 11.9. The zero-order valence-electron chi connectivity index (χ0n) is 13.6. The number of amides is 1. The highest BCUT2D eigenvalue weighted by Crippen LogP contribution is 2.28. The minimum absolute atomic E-state index is 0.175. The first kappa shape index (κ1) is 17.9. The van der Waals surface area contributed by atoms with Gasteiger partial charge in [-0.25, -0.2) is 13.2 Å². The summed E-state index contributed by atoms with van der Waals surface area (Å²) in [7, 11) is -3.68. The molecule has 3 rings (SSSR count). The Hall–Kier alpha value is -1.86. The van der Waals surface area contributed by atoms with Crippen molar-refractivity contribution >= 4 is 31.9 Å². The van der Waals surface area contributed by atoms with Gasteiger partial charge in [-0.1, -0.05) is 52.3 Å². The van der Waals surface area contributed by atoms with Crippen molar-refractivity contribution in [3.05, 3.63) is 64.6 Å². The average molecular weight is 424 g/mol. The third-order valence-corrected chi connectivity index (χ3v) is 7.16. The number of benzene rings is 2. The van der Waals surface area contributed by atoms with Gasteiger partial charge in [0.1, 0.15) is 12.0 Å². The van der Waals surface area contributed by atoms with Crippen LogP contribution in [-0.4, -0.2) is 37.4 Å². The van der Waals surface area contributed by atoms with Gasteiger partial charge in [0.15, 0.2) is 9.84 Å².